The Morgan fingerprint density at radius 1 is 1.47 bits per heavy atom. The molecule has 0 bridgehead atoms. The molecular formula is C13H18Cl2N2. The third-order valence-electron chi connectivity index (χ3n) is 3.41. The number of hydrogen-bond acceptors (Lipinski definition) is 2. The van der Waals surface area contributed by atoms with E-state index in [2.05, 4.69) is 11.8 Å². The van der Waals surface area contributed by atoms with Gasteiger partial charge in [-0.25, -0.2) is 0 Å². The van der Waals surface area contributed by atoms with Gasteiger partial charge in [0.2, 0.25) is 0 Å². The smallest absolute Gasteiger partial charge is 0.0453 e. The normalized spacial score (nSPS) is 22.9. The summed E-state index contributed by atoms with van der Waals surface area (Å²) in [5.41, 5.74) is 7.08. The van der Waals surface area contributed by atoms with Crippen LogP contribution in [-0.2, 0) is 6.42 Å². The highest BCUT2D eigenvalue weighted by molar-refractivity contribution is 6.35. The highest BCUT2D eigenvalue weighted by Gasteiger charge is 2.23. The molecule has 1 aliphatic heterocycles. The van der Waals surface area contributed by atoms with Crippen molar-refractivity contribution < 1.29 is 0 Å². The number of likely N-dealkylation sites (tertiary alicyclic amines) is 1. The number of hydrogen-bond donors (Lipinski definition) is 1. The Kier molecular flexibility index (Phi) is 4.31. The number of halogens is 2. The molecule has 1 aromatic carbocycles. The molecule has 0 amide bonds. The molecule has 1 aliphatic rings. The maximum absolute atomic E-state index is 6.18. The van der Waals surface area contributed by atoms with Crippen LogP contribution < -0.4 is 5.73 Å². The first kappa shape index (κ1) is 13.2. The van der Waals surface area contributed by atoms with Crippen LogP contribution in [0.3, 0.4) is 0 Å². The Bertz CT molecular complexity index is 395. The van der Waals surface area contributed by atoms with Gasteiger partial charge in [0.1, 0.15) is 0 Å². The SMILES string of the molecule is CC(Cc1ccc(Cl)cc1Cl)N1CCC(N)C1. The molecule has 2 unspecified atom stereocenters. The number of nitrogens with zero attached hydrogens (tertiary/aromatic N) is 1. The van der Waals surface area contributed by atoms with Gasteiger partial charge in [0.25, 0.3) is 0 Å². The van der Waals surface area contributed by atoms with Gasteiger partial charge in [0.05, 0.1) is 0 Å². The van der Waals surface area contributed by atoms with Crippen molar-refractivity contribution in [2.24, 2.45) is 5.73 Å². The van der Waals surface area contributed by atoms with Gasteiger partial charge in [-0.3, -0.25) is 4.90 Å². The van der Waals surface area contributed by atoms with Gasteiger partial charge in [0, 0.05) is 35.2 Å². The minimum atomic E-state index is 0.332. The van der Waals surface area contributed by atoms with E-state index in [1.54, 1.807) is 6.07 Å². The van der Waals surface area contributed by atoms with Crippen LogP contribution in [0.15, 0.2) is 18.2 Å². The summed E-state index contributed by atoms with van der Waals surface area (Å²) in [5.74, 6) is 0. The summed E-state index contributed by atoms with van der Waals surface area (Å²) in [4.78, 5) is 2.43. The highest BCUT2D eigenvalue weighted by atomic mass is 35.5. The molecule has 1 heterocycles. The maximum atomic E-state index is 6.18. The van der Waals surface area contributed by atoms with Crippen molar-refractivity contribution in [3.8, 4) is 0 Å². The summed E-state index contributed by atoms with van der Waals surface area (Å²) >= 11 is 12.1. The summed E-state index contributed by atoms with van der Waals surface area (Å²) in [6, 6.07) is 6.52. The van der Waals surface area contributed by atoms with Gasteiger partial charge in [-0.05, 0) is 37.5 Å². The van der Waals surface area contributed by atoms with Crippen LogP contribution in [0.25, 0.3) is 0 Å². The Morgan fingerprint density at radius 2 is 2.24 bits per heavy atom. The van der Waals surface area contributed by atoms with E-state index in [0.717, 1.165) is 36.5 Å². The van der Waals surface area contributed by atoms with E-state index in [0.29, 0.717) is 17.1 Å². The average molecular weight is 273 g/mol. The molecule has 0 aliphatic carbocycles. The summed E-state index contributed by atoms with van der Waals surface area (Å²) in [6.45, 7) is 4.31. The van der Waals surface area contributed by atoms with Gasteiger partial charge in [-0.15, -0.1) is 0 Å². The minimum Gasteiger partial charge on any atom is -0.326 e. The van der Waals surface area contributed by atoms with Crippen LogP contribution in [0.5, 0.6) is 0 Å². The third-order valence-corrected chi connectivity index (χ3v) is 4.00. The number of benzene rings is 1. The van der Waals surface area contributed by atoms with Gasteiger partial charge < -0.3 is 5.73 Å². The lowest BCUT2D eigenvalue weighted by molar-refractivity contribution is 0.254. The fourth-order valence-electron chi connectivity index (χ4n) is 2.35. The van der Waals surface area contributed by atoms with Crippen molar-refractivity contribution in [1.29, 1.82) is 0 Å². The van der Waals surface area contributed by atoms with Gasteiger partial charge in [-0.2, -0.15) is 0 Å². The quantitative estimate of drug-likeness (QED) is 0.917. The zero-order valence-electron chi connectivity index (χ0n) is 10.00. The second-order valence-corrected chi connectivity index (χ2v) is 5.68. The van der Waals surface area contributed by atoms with Gasteiger partial charge in [0.15, 0.2) is 0 Å². The lowest BCUT2D eigenvalue weighted by Crippen LogP contribution is -2.35. The molecule has 0 radical (unpaired) electrons. The second-order valence-electron chi connectivity index (χ2n) is 4.83. The second kappa shape index (κ2) is 5.57. The standard InChI is InChI=1S/C13H18Cl2N2/c1-9(17-5-4-12(16)8-17)6-10-2-3-11(14)7-13(10)15/h2-3,7,9,12H,4-6,8,16H2,1H3. The number of nitrogens with two attached hydrogens (primary N) is 1. The third kappa shape index (κ3) is 3.35. The Labute approximate surface area is 113 Å². The van der Waals surface area contributed by atoms with Gasteiger partial charge >= 0.3 is 0 Å². The van der Waals surface area contributed by atoms with E-state index < -0.39 is 0 Å². The van der Waals surface area contributed by atoms with Crippen LogP contribution in [0.2, 0.25) is 10.0 Å². The molecule has 94 valence electrons. The van der Waals surface area contributed by atoms with E-state index in [-0.39, 0.29) is 0 Å². The van der Waals surface area contributed by atoms with Crippen molar-refractivity contribution in [1.82, 2.24) is 4.90 Å². The molecular weight excluding hydrogens is 255 g/mol. The van der Waals surface area contributed by atoms with Crippen LogP contribution in [0.1, 0.15) is 18.9 Å². The van der Waals surface area contributed by atoms with Crippen LogP contribution in [0, 0.1) is 0 Å². The number of rotatable bonds is 3. The zero-order chi connectivity index (χ0) is 12.4. The molecule has 2 atom stereocenters. The van der Waals surface area contributed by atoms with Crippen molar-refractivity contribution in [3.63, 3.8) is 0 Å². The molecule has 17 heavy (non-hydrogen) atoms. The fourth-order valence-corrected chi connectivity index (χ4v) is 2.84. The summed E-state index contributed by atoms with van der Waals surface area (Å²) < 4.78 is 0. The molecule has 4 heteroatoms. The van der Waals surface area contributed by atoms with Crippen LogP contribution in [-0.4, -0.2) is 30.1 Å². The summed E-state index contributed by atoms with van der Waals surface area (Å²) in [7, 11) is 0. The zero-order valence-corrected chi connectivity index (χ0v) is 11.5. The van der Waals surface area contributed by atoms with Crippen LogP contribution >= 0.6 is 23.2 Å². The first-order valence-corrected chi connectivity index (χ1v) is 6.75. The largest absolute Gasteiger partial charge is 0.326 e. The molecule has 2 nitrogen and oxygen atoms in total. The van der Waals surface area contributed by atoms with Crippen LogP contribution in [0.4, 0.5) is 0 Å². The molecule has 1 aromatic rings. The van der Waals surface area contributed by atoms with Crippen molar-refractivity contribution in [2.45, 2.75) is 31.8 Å². The van der Waals surface area contributed by atoms with E-state index in [4.69, 9.17) is 28.9 Å². The molecule has 0 saturated carbocycles. The minimum absolute atomic E-state index is 0.332. The first-order valence-electron chi connectivity index (χ1n) is 6.00. The van der Waals surface area contributed by atoms with E-state index in [1.165, 1.54) is 0 Å². The molecule has 0 aromatic heterocycles. The van der Waals surface area contributed by atoms with E-state index in [1.807, 2.05) is 12.1 Å². The predicted octanol–water partition coefficient (Wildman–Crippen LogP) is 2.96. The van der Waals surface area contributed by atoms with Gasteiger partial charge in [-0.1, -0.05) is 29.3 Å². The Balaban J connectivity index is 2.00. The predicted molar refractivity (Wildman–Crippen MR) is 73.8 cm³/mol. The molecule has 2 rings (SSSR count). The summed E-state index contributed by atoms with van der Waals surface area (Å²) in [6.07, 6.45) is 2.04. The Hall–Kier alpha value is -0.280. The summed E-state index contributed by atoms with van der Waals surface area (Å²) in [5, 5.41) is 1.45. The highest BCUT2D eigenvalue weighted by Crippen LogP contribution is 2.24. The molecule has 2 N–H and O–H groups in total. The van der Waals surface area contributed by atoms with Crippen molar-refractivity contribution >= 4 is 23.2 Å². The Morgan fingerprint density at radius 3 is 2.82 bits per heavy atom. The monoisotopic (exact) mass is 272 g/mol. The lowest BCUT2D eigenvalue weighted by Gasteiger charge is -2.24. The molecule has 1 fully saturated rings. The van der Waals surface area contributed by atoms with E-state index >= 15 is 0 Å². The van der Waals surface area contributed by atoms with Crippen molar-refractivity contribution in [3.05, 3.63) is 33.8 Å². The van der Waals surface area contributed by atoms with E-state index in [9.17, 15) is 0 Å². The first-order chi connectivity index (χ1) is 8.06. The average Bonchev–Trinajstić information content (AvgIpc) is 2.69. The fraction of sp³-hybridized carbons (Fsp3) is 0.538. The molecule has 0 spiro atoms. The topological polar surface area (TPSA) is 29.3 Å². The maximum Gasteiger partial charge on any atom is 0.0453 e. The van der Waals surface area contributed by atoms with Crippen molar-refractivity contribution in [2.75, 3.05) is 13.1 Å². The lowest BCUT2D eigenvalue weighted by atomic mass is 10.1. The molecule has 1 saturated heterocycles.